The van der Waals surface area contributed by atoms with Crippen LogP contribution in [0.3, 0.4) is 0 Å². The summed E-state index contributed by atoms with van der Waals surface area (Å²) in [6, 6.07) is 11.9. The van der Waals surface area contributed by atoms with Gasteiger partial charge in [0, 0.05) is 15.5 Å². The van der Waals surface area contributed by atoms with Crippen molar-refractivity contribution in [1.82, 2.24) is 0 Å². The Morgan fingerprint density at radius 1 is 1.22 bits per heavy atom. The van der Waals surface area contributed by atoms with E-state index in [9.17, 15) is 0 Å². The van der Waals surface area contributed by atoms with E-state index in [4.69, 9.17) is 16.7 Å². The molecule has 1 heterocycles. The number of aliphatic hydroxyl groups is 1. The topological polar surface area (TPSA) is 20.2 Å². The molecule has 0 amide bonds. The molecule has 0 radical (unpaired) electrons. The van der Waals surface area contributed by atoms with Crippen molar-refractivity contribution in [3.05, 3.63) is 51.2 Å². The van der Waals surface area contributed by atoms with Crippen LogP contribution in [0.25, 0.3) is 0 Å². The molecule has 2 rings (SSSR count). The quantitative estimate of drug-likeness (QED) is 0.681. The molecule has 0 atom stereocenters. The second-order valence-corrected chi connectivity index (χ2v) is 6.04. The van der Waals surface area contributed by atoms with Gasteiger partial charge in [0.1, 0.15) is 6.61 Å². The van der Waals surface area contributed by atoms with Gasteiger partial charge in [-0.15, -0.1) is 23.1 Å². The van der Waals surface area contributed by atoms with Gasteiger partial charge in [0.2, 0.25) is 0 Å². The number of hydrogen-bond donors (Lipinski definition) is 1. The molecule has 0 aliphatic rings. The van der Waals surface area contributed by atoms with Gasteiger partial charge in [-0.25, -0.2) is 0 Å². The van der Waals surface area contributed by atoms with Crippen LogP contribution in [-0.4, -0.2) is 11.7 Å². The van der Waals surface area contributed by atoms with E-state index < -0.39 is 0 Å². The number of rotatable bonds is 3. The summed E-state index contributed by atoms with van der Waals surface area (Å²) in [7, 11) is 0. The molecular weight excluding hydrogens is 284 g/mol. The Balaban J connectivity index is 1.98. The van der Waals surface area contributed by atoms with Crippen molar-refractivity contribution in [2.24, 2.45) is 0 Å². The lowest BCUT2D eigenvalue weighted by Gasteiger charge is -2.01. The largest absolute Gasteiger partial charge is 0.384 e. The maximum absolute atomic E-state index is 8.63. The Bertz CT molecular complexity index is 581. The lowest BCUT2D eigenvalue weighted by atomic mass is 10.4. The van der Waals surface area contributed by atoms with Crippen molar-refractivity contribution < 1.29 is 5.11 Å². The molecule has 0 saturated carbocycles. The fourth-order valence-electron chi connectivity index (χ4n) is 1.36. The Labute approximate surface area is 120 Å². The summed E-state index contributed by atoms with van der Waals surface area (Å²) in [6.07, 6.45) is 0. The summed E-state index contributed by atoms with van der Waals surface area (Å²) < 4.78 is 0. The van der Waals surface area contributed by atoms with Crippen molar-refractivity contribution in [2.45, 2.75) is 10.6 Å². The number of halogens is 1. The van der Waals surface area contributed by atoms with Crippen LogP contribution in [0, 0.1) is 11.8 Å². The predicted molar refractivity (Wildman–Crippen MR) is 79.3 cm³/mol. The van der Waals surface area contributed by atoms with E-state index in [1.165, 1.54) is 4.88 Å². The molecule has 0 aliphatic carbocycles. The minimum atomic E-state index is -0.0956. The highest BCUT2D eigenvalue weighted by Crippen LogP contribution is 2.31. The summed E-state index contributed by atoms with van der Waals surface area (Å²) in [4.78, 5) is 3.33. The third-order valence-corrected chi connectivity index (χ3v) is 4.91. The molecule has 1 N–H and O–H groups in total. The third kappa shape index (κ3) is 3.79. The van der Waals surface area contributed by atoms with Crippen LogP contribution in [0.2, 0.25) is 5.02 Å². The molecule has 0 spiro atoms. The molecule has 0 saturated heterocycles. The highest BCUT2D eigenvalue weighted by atomic mass is 35.5. The van der Waals surface area contributed by atoms with Crippen LogP contribution >= 0.6 is 34.7 Å². The molecule has 0 unspecified atom stereocenters. The smallest absolute Gasteiger partial charge is 0.104 e. The van der Waals surface area contributed by atoms with E-state index in [2.05, 4.69) is 17.9 Å². The van der Waals surface area contributed by atoms with Crippen molar-refractivity contribution in [1.29, 1.82) is 0 Å². The minimum Gasteiger partial charge on any atom is -0.384 e. The highest BCUT2D eigenvalue weighted by Gasteiger charge is 2.02. The minimum absolute atomic E-state index is 0.0956. The Kier molecular flexibility index (Phi) is 5.15. The summed E-state index contributed by atoms with van der Waals surface area (Å²) in [5, 5.41) is 9.42. The van der Waals surface area contributed by atoms with Crippen LogP contribution in [0.15, 0.2) is 41.3 Å². The van der Waals surface area contributed by atoms with Gasteiger partial charge >= 0.3 is 0 Å². The molecule has 4 heteroatoms. The van der Waals surface area contributed by atoms with Gasteiger partial charge in [0.15, 0.2) is 0 Å². The molecular formula is C14H11ClOS2. The van der Waals surface area contributed by atoms with Gasteiger partial charge in [0.05, 0.1) is 9.90 Å². The van der Waals surface area contributed by atoms with E-state index in [1.54, 1.807) is 23.1 Å². The average Bonchev–Trinajstić information content (AvgIpc) is 2.83. The van der Waals surface area contributed by atoms with E-state index in [-0.39, 0.29) is 6.61 Å². The van der Waals surface area contributed by atoms with Crippen LogP contribution in [-0.2, 0) is 5.75 Å². The molecule has 0 fully saturated rings. The molecule has 0 aliphatic heterocycles. The first kappa shape index (κ1) is 13.5. The maximum Gasteiger partial charge on any atom is 0.104 e. The van der Waals surface area contributed by atoms with Crippen molar-refractivity contribution in [3.8, 4) is 11.8 Å². The molecule has 1 aromatic carbocycles. The standard InChI is InChI=1S/C14H11ClOS2/c15-13-5-1-2-6-14(13)17-10-12-8-7-11(18-12)4-3-9-16/h1-2,5-8,16H,9-10H2. The number of benzene rings is 1. The van der Waals surface area contributed by atoms with Crippen LogP contribution in [0.1, 0.15) is 9.75 Å². The van der Waals surface area contributed by atoms with Crippen LogP contribution < -0.4 is 0 Å². The number of thiophene rings is 1. The third-order valence-electron chi connectivity index (χ3n) is 2.16. The Morgan fingerprint density at radius 3 is 2.83 bits per heavy atom. The monoisotopic (exact) mass is 294 g/mol. The maximum atomic E-state index is 8.63. The van der Waals surface area contributed by atoms with E-state index in [1.807, 2.05) is 30.3 Å². The van der Waals surface area contributed by atoms with Gasteiger partial charge in [-0.3, -0.25) is 0 Å². The van der Waals surface area contributed by atoms with Gasteiger partial charge in [-0.1, -0.05) is 35.6 Å². The summed E-state index contributed by atoms with van der Waals surface area (Å²) in [5.41, 5.74) is 0. The second-order valence-electron chi connectivity index (χ2n) is 3.44. The van der Waals surface area contributed by atoms with Crippen molar-refractivity contribution in [3.63, 3.8) is 0 Å². The fraction of sp³-hybridized carbons (Fsp3) is 0.143. The first-order valence-corrected chi connectivity index (χ1v) is 7.53. The zero-order chi connectivity index (χ0) is 12.8. The van der Waals surface area contributed by atoms with Crippen molar-refractivity contribution >= 4 is 34.7 Å². The number of aliphatic hydroxyl groups excluding tert-OH is 1. The number of hydrogen-bond acceptors (Lipinski definition) is 3. The van der Waals surface area contributed by atoms with Gasteiger partial charge in [0.25, 0.3) is 0 Å². The second kappa shape index (κ2) is 6.86. The molecule has 1 aromatic heterocycles. The average molecular weight is 295 g/mol. The fourth-order valence-corrected chi connectivity index (χ4v) is 3.52. The van der Waals surface area contributed by atoms with Crippen molar-refractivity contribution in [2.75, 3.05) is 6.61 Å². The number of thioether (sulfide) groups is 1. The lowest BCUT2D eigenvalue weighted by Crippen LogP contribution is -1.75. The summed E-state index contributed by atoms with van der Waals surface area (Å²) in [5.74, 6) is 6.44. The zero-order valence-electron chi connectivity index (χ0n) is 9.52. The first-order valence-electron chi connectivity index (χ1n) is 5.35. The highest BCUT2D eigenvalue weighted by molar-refractivity contribution is 7.98. The Morgan fingerprint density at radius 2 is 2.06 bits per heavy atom. The van der Waals surface area contributed by atoms with Gasteiger partial charge < -0.3 is 5.11 Å². The van der Waals surface area contributed by atoms with E-state index >= 15 is 0 Å². The summed E-state index contributed by atoms with van der Waals surface area (Å²) >= 11 is 9.46. The Hall–Kier alpha value is -0.920. The molecule has 18 heavy (non-hydrogen) atoms. The normalized spacial score (nSPS) is 9.89. The van der Waals surface area contributed by atoms with Gasteiger partial charge in [-0.05, 0) is 24.3 Å². The predicted octanol–water partition coefficient (Wildman–Crippen LogP) is 4.04. The molecule has 92 valence electrons. The summed E-state index contributed by atoms with van der Waals surface area (Å²) in [6.45, 7) is -0.0956. The molecule has 2 aromatic rings. The molecule has 0 bridgehead atoms. The van der Waals surface area contributed by atoms with Crippen LogP contribution in [0.5, 0.6) is 0 Å². The van der Waals surface area contributed by atoms with Crippen LogP contribution in [0.4, 0.5) is 0 Å². The first-order chi connectivity index (χ1) is 8.79. The SMILES string of the molecule is OCC#Cc1ccc(CSc2ccccc2Cl)s1. The zero-order valence-corrected chi connectivity index (χ0v) is 11.9. The van der Waals surface area contributed by atoms with E-state index in [0.717, 1.165) is 20.5 Å². The van der Waals surface area contributed by atoms with E-state index in [0.29, 0.717) is 0 Å². The molecule has 1 nitrogen and oxygen atoms in total. The van der Waals surface area contributed by atoms with Gasteiger partial charge in [-0.2, -0.15) is 0 Å². The lowest BCUT2D eigenvalue weighted by molar-refractivity contribution is 0.350.